The van der Waals surface area contributed by atoms with Crippen LogP contribution in [0.3, 0.4) is 0 Å². The Morgan fingerprint density at radius 1 is 1.05 bits per heavy atom. The van der Waals surface area contributed by atoms with Gasteiger partial charge in [0.2, 0.25) is 0 Å². The van der Waals surface area contributed by atoms with E-state index in [1.54, 1.807) is 7.11 Å². The first-order chi connectivity index (χ1) is 9.86. The van der Waals surface area contributed by atoms with E-state index in [2.05, 4.69) is 29.6 Å². The highest BCUT2D eigenvalue weighted by atomic mass is 16.5. The van der Waals surface area contributed by atoms with Crippen LogP contribution in [0.1, 0.15) is 23.6 Å². The van der Waals surface area contributed by atoms with Crippen molar-refractivity contribution < 1.29 is 9.47 Å². The number of rotatable bonds is 5. The van der Waals surface area contributed by atoms with Crippen molar-refractivity contribution in [1.29, 1.82) is 0 Å². The zero-order valence-electron chi connectivity index (χ0n) is 11.6. The van der Waals surface area contributed by atoms with Crippen LogP contribution in [-0.2, 0) is 6.54 Å². The zero-order chi connectivity index (χ0) is 13.8. The van der Waals surface area contributed by atoms with Gasteiger partial charge in [0.1, 0.15) is 11.5 Å². The van der Waals surface area contributed by atoms with Gasteiger partial charge in [0.15, 0.2) is 0 Å². The van der Waals surface area contributed by atoms with Gasteiger partial charge >= 0.3 is 0 Å². The molecule has 2 aromatic rings. The molecule has 0 aromatic heterocycles. The van der Waals surface area contributed by atoms with Crippen LogP contribution in [0, 0.1) is 0 Å². The molecule has 0 bridgehead atoms. The average molecular weight is 269 g/mol. The Hall–Kier alpha value is -2.00. The van der Waals surface area contributed by atoms with Crippen LogP contribution in [0.15, 0.2) is 48.5 Å². The van der Waals surface area contributed by atoms with Gasteiger partial charge < -0.3 is 14.8 Å². The van der Waals surface area contributed by atoms with E-state index in [1.807, 2.05) is 24.3 Å². The van der Waals surface area contributed by atoms with Gasteiger partial charge in [0.05, 0.1) is 13.7 Å². The lowest BCUT2D eigenvalue weighted by atomic mass is 10.0. The summed E-state index contributed by atoms with van der Waals surface area (Å²) in [5.74, 6) is 1.74. The SMILES string of the molecule is COc1ccc(OCCC2NCc3ccccc32)cc1. The van der Waals surface area contributed by atoms with Crippen molar-refractivity contribution in [2.45, 2.75) is 19.0 Å². The van der Waals surface area contributed by atoms with Crippen molar-refractivity contribution in [2.75, 3.05) is 13.7 Å². The molecule has 0 aliphatic carbocycles. The van der Waals surface area contributed by atoms with Crippen LogP contribution in [0.25, 0.3) is 0 Å². The molecular formula is C17H19NO2. The van der Waals surface area contributed by atoms with E-state index in [4.69, 9.17) is 9.47 Å². The molecule has 0 radical (unpaired) electrons. The monoisotopic (exact) mass is 269 g/mol. The van der Waals surface area contributed by atoms with Crippen LogP contribution in [0.4, 0.5) is 0 Å². The largest absolute Gasteiger partial charge is 0.497 e. The molecule has 104 valence electrons. The molecule has 0 saturated carbocycles. The van der Waals surface area contributed by atoms with Gasteiger partial charge in [-0.05, 0) is 35.4 Å². The minimum absolute atomic E-state index is 0.407. The third kappa shape index (κ3) is 2.78. The van der Waals surface area contributed by atoms with Crippen molar-refractivity contribution in [3.63, 3.8) is 0 Å². The first kappa shape index (κ1) is 13.0. The van der Waals surface area contributed by atoms with Gasteiger partial charge in [0.25, 0.3) is 0 Å². The number of nitrogens with one attached hydrogen (secondary N) is 1. The maximum Gasteiger partial charge on any atom is 0.119 e. The van der Waals surface area contributed by atoms with Crippen LogP contribution >= 0.6 is 0 Å². The van der Waals surface area contributed by atoms with Gasteiger partial charge in [-0.15, -0.1) is 0 Å². The van der Waals surface area contributed by atoms with E-state index in [0.29, 0.717) is 12.6 Å². The molecule has 0 amide bonds. The maximum atomic E-state index is 5.79. The summed E-state index contributed by atoms with van der Waals surface area (Å²) in [7, 11) is 1.67. The molecule has 0 saturated heterocycles. The summed E-state index contributed by atoms with van der Waals surface area (Å²) in [6.45, 7) is 1.67. The molecule has 1 aliphatic heterocycles. The molecule has 0 spiro atoms. The molecule has 3 heteroatoms. The van der Waals surface area contributed by atoms with Crippen LogP contribution in [0.2, 0.25) is 0 Å². The van der Waals surface area contributed by atoms with Crippen molar-refractivity contribution in [3.8, 4) is 11.5 Å². The Kier molecular flexibility index (Phi) is 3.88. The molecule has 1 unspecified atom stereocenters. The Balaban J connectivity index is 1.53. The fourth-order valence-corrected chi connectivity index (χ4v) is 2.60. The van der Waals surface area contributed by atoms with Crippen molar-refractivity contribution >= 4 is 0 Å². The molecule has 3 nitrogen and oxygen atoms in total. The first-order valence-corrected chi connectivity index (χ1v) is 6.95. The van der Waals surface area contributed by atoms with Crippen LogP contribution < -0.4 is 14.8 Å². The van der Waals surface area contributed by atoms with Gasteiger partial charge in [-0.25, -0.2) is 0 Å². The number of hydrogen-bond donors (Lipinski definition) is 1. The second-order valence-corrected chi connectivity index (χ2v) is 4.94. The van der Waals surface area contributed by atoms with Crippen molar-refractivity contribution in [3.05, 3.63) is 59.7 Å². The number of ether oxygens (including phenoxy) is 2. The molecule has 1 heterocycles. The second-order valence-electron chi connectivity index (χ2n) is 4.94. The summed E-state index contributed by atoms with van der Waals surface area (Å²) in [5.41, 5.74) is 2.81. The summed E-state index contributed by atoms with van der Waals surface area (Å²) in [5, 5.41) is 3.53. The van der Waals surface area contributed by atoms with E-state index in [1.165, 1.54) is 11.1 Å². The molecule has 3 rings (SSSR count). The van der Waals surface area contributed by atoms with E-state index < -0.39 is 0 Å². The Labute approximate surface area is 119 Å². The van der Waals surface area contributed by atoms with Gasteiger partial charge in [-0.3, -0.25) is 0 Å². The molecule has 1 atom stereocenters. The molecule has 1 aliphatic rings. The van der Waals surface area contributed by atoms with Crippen molar-refractivity contribution in [1.82, 2.24) is 5.32 Å². The molecule has 2 aromatic carbocycles. The Morgan fingerprint density at radius 2 is 1.80 bits per heavy atom. The maximum absolute atomic E-state index is 5.79. The van der Waals surface area contributed by atoms with E-state index >= 15 is 0 Å². The lowest BCUT2D eigenvalue weighted by Gasteiger charge is -2.13. The highest BCUT2D eigenvalue weighted by molar-refractivity contribution is 5.34. The fourth-order valence-electron chi connectivity index (χ4n) is 2.60. The number of hydrogen-bond acceptors (Lipinski definition) is 3. The van der Waals surface area contributed by atoms with E-state index in [0.717, 1.165) is 24.5 Å². The first-order valence-electron chi connectivity index (χ1n) is 6.95. The Bertz CT molecular complexity index is 565. The lowest BCUT2D eigenvalue weighted by molar-refractivity contribution is 0.290. The number of methoxy groups -OCH3 is 1. The molecule has 1 N–H and O–H groups in total. The van der Waals surface area contributed by atoms with Gasteiger partial charge in [-0.1, -0.05) is 24.3 Å². The molecule has 20 heavy (non-hydrogen) atoms. The normalized spacial score (nSPS) is 16.8. The quantitative estimate of drug-likeness (QED) is 0.903. The van der Waals surface area contributed by atoms with Crippen LogP contribution in [0.5, 0.6) is 11.5 Å². The van der Waals surface area contributed by atoms with Crippen LogP contribution in [-0.4, -0.2) is 13.7 Å². The van der Waals surface area contributed by atoms with Crippen molar-refractivity contribution in [2.24, 2.45) is 0 Å². The van der Waals surface area contributed by atoms with Gasteiger partial charge in [-0.2, -0.15) is 0 Å². The minimum atomic E-state index is 0.407. The third-order valence-corrected chi connectivity index (χ3v) is 3.70. The smallest absolute Gasteiger partial charge is 0.119 e. The fraction of sp³-hybridized carbons (Fsp3) is 0.294. The van der Waals surface area contributed by atoms with E-state index in [-0.39, 0.29) is 0 Å². The summed E-state index contributed by atoms with van der Waals surface area (Å²) in [4.78, 5) is 0. The third-order valence-electron chi connectivity index (χ3n) is 3.70. The summed E-state index contributed by atoms with van der Waals surface area (Å²) in [6.07, 6.45) is 0.975. The topological polar surface area (TPSA) is 30.5 Å². The minimum Gasteiger partial charge on any atom is -0.497 e. The molecular weight excluding hydrogens is 250 g/mol. The Morgan fingerprint density at radius 3 is 2.60 bits per heavy atom. The van der Waals surface area contributed by atoms with E-state index in [9.17, 15) is 0 Å². The number of benzene rings is 2. The predicted molar refractivity (Wildman–Crippen MR) is 79.1 cm³/mol. The predicted octanol–water partition coefficient (Wildman–Crippen LogP) is 3.31. The molecule has 0 fully saturated rings. The lowest BCUT2D eigenvalue weighted by Crippen LogP contribution is -2.15. The highest BCUT2D eigenvalue weighted by Crippen LogP contribution is 2.27. The highest BCUT2D eigenvalue weighted by Gasteiger charge is 2.20. The zero-order valence-corrected chi connectivity index (χ0v) is 11.6. The number of fused-ring (bicyclic) bond motifs is 1. The summed E-state index contributed by atoms with van der Waals surface area (Å²) in [6, 6.07) is 16.7. The summed E-state index contributed by atoms with van der Waals surface area (Å²) >= 11 is 0. The van der Waals surface area contributed by atoms with Gasteiger partial charge in [0, 0.05) is 19.0 Å². The standard InChI is InChI=1S/C17H19NO2/c1-19-14-6-8-15(9-7-14)20-11-10-17-16-5-3-2-4-13(16)12-18-17/h2-9,17-18H,10-12H2,1H3. The average Bonchev–Trinajstić information content (AvgIpc) is 2.92. The second kappa shape index (κ2) is 5.97. The summed E-state index contributed by atoms with van der Waals surface area (Å²) < 4.78 is 10.9.